The molecule has 2 rings (SSSR count). The predicted octanol–water partition coefficient (Wildman–Crippen LogP) is 2.22. The molecule has 0 bridgehead atoms. The zero-order chi connectivity index (χ0) is 13.0. The van der Waals surface area contributed by atoms with Gasteiger partial charge in [-0.25, -0.2) is 4.79 Å². The second-order valence-electron chi connectivity index (χ2n) is 3.59. The highest BCUT2D eigenvalue weighted by Crippen LogP contribution is 2.22. The highest BCUT2D eigenvalue weighted by molar-refractivity contribution is 5.82. The van der Waals surface area contributed by atoms with Crippen LogP contribution in [0.4, 0.5) is 0 Å². The lowest BCUT2D eigenvalue weighted by Gasteiger charge is -2.04. The van der Waals surface area contributed by atoms with Crippen molar-refractivity contribution in [3.8, 4) is 17.2 Å². The van der Waals surface area contributed by atoms with Gasteiger partial charge < -0.3 is 14.3 Å². The fourth-order valence-corrected chi connectivity index (χ4v) is 1.37. The summed E-state index contributed by atoms with van der Waals surface area (Å²) in [5.74, 6) is -0.823. The van der Waals surface area contributed by atoms with Crippen molar-refractivity contribution < 1.29 is 19.1 Å². The Hall–Kier alpha value is -2.37. The van der Waals surface area contributed by atoms with Crippen LogP contribution in [0.1, 0.15) is 24.0 Å². The molecule has 0 aliphatic rings. The number of rotatable bonds is 5. The van der Waals surface area contributed by atoms with Crippen molar-refractivity contribution in [1.82, 2.24) is 10.2 Å². The molecule has 1 heterocycles. The molecule has 0 saturated carbocycles. The third-order valence-corrected chi connectivity index (χ3v) is 2.16. The van der Waals surface area contributed by atoms with Crippen molar-refractivity contribution >= 4 is 5.97 Å². The molecule has 0 atom stereocenters. The van der Waals surface area contributed by atoms with Crippen molar-refractivity contribution in [2.75, 3.05) is 6.61 Å². The van der Waals surface area contributed by atoms with E-state index in [0.717, 1.165) is 6.42 Å². The number of hydrogen-bond donors (Lipinski definition) is 1. The summed E-state index contributed by atoms with van der Waals surface area (Å²) in [6.45, 7) is 2.63. The molecule has 1 aromatic carbocycles. The maximum Gasteiger partial charge on any atom is 0.393 e. The molecule has 0 unspecified atom stereocenters. The number of carbonyl (C=O) groups is 1. The molecule has 0 amide bonds. The van der Waals surface area contributed by atoms with Crippen molar-refractivity contribution in [2.45, 2.75) is 13.3 Å². The van der Waals surface area contributed by atoms with Gasteiger partial charge in [0.2, 0.25) is 5.89 Å². The lowest BCUT2D eigenvalue weighted by Crippen LogP contribution is -1.95. The molecule has 0 fully saturated rings. The summed E-state index contributed by atoms with van der Waals surface area (Å²) in [5, 5.41) is 15.8. The van der Waals surface area contributed by atoms with Crippen LogP contribution in [0.3, 0.4) is 0 Å². The lowest BCUT2D eigenvalue weighted by molar-refractivity contribution is 0.0654. The number of hydrogen-bond acceptors (Lipinski definition) is 5. The number of ether oxygens (including phenoxy) is 1. The molecule has 1 aromatic heterocycles. The summed E-state index contributed by atoms with van der Waals surface area (Å²) in [6, 6.07) is 7.07. The highest BCUT2D eigenvalue weighted by atomic mass is 16.5. The van der Waals surface area contributed by atoms with Gasteiger partial charge >= 0.3 is 11.9 Å². The van der Waals surface area contributed by atoms with Crippen LogP contribution in [0, 0.1) is 0 Å². The molecule has 1 N–H and O–H groups in total. The van der Waals surface area contributed by atoms with E-state index in [1.807, 2.05) is 13.0 Å². The third-order valence-electron chi connectivity index (χ3n) is 2.16. The van der Waals surface area contributed by atoms with Crippen LogP contribution >= 0.6 is 0 Å². The third kappa shape index (κ3) is 2.65. The topological polar surface area (TPSA) is 85.5 Å². The maximum absolute atomic E-state index is 10.6. The van der Waals surface area contributed by atoms with E-state index in [2.05, 4.69) is 10.2 Å². The largest absolute Gasteiger partial charge is 0.494 e. The first-order chi connectivity index (χ1) is 8.70. The quantitative estimate of drug-likeness (QED) is 0.873. The van der Waals surface area contributed by atoms with E-state index >= 15 is 0 Å². The van der Waals surface area contributed by atoms with Gasteiger partial charge in [0.1, 0.15) is 5.75 Å². The monoisotopic (exact) mass is 248 g/mol. The van der Waals surface area contributed by atoms with Crippen LogP contribution < -0.4 is 4.74 Å². The number of nitrogens with zero attached hydrogens (tertiary/aromatic N) is 2. The molecule has 0 saturated heterocycles. The van der Waals surface area contributed by atoms with Gasteiger partial charge in [0.25, 0.3) is 0 Å². The minimum Gasteiger partial charge on any atom is -0.494 e. The van der Waals surface area contributed by atoms with E-state index in [-0.39, 0.29) is 5.89 Å². The maximum atomic E-state index is 10.6. The van der Waals surface area contributed by atoms with E-state index in [1.165, 1.54) is 0 Å². The second-order valence-corrected chi connectivity index (χ2v) is 3.59. The second kappa shape index (κ2) is 5.31. The summed E-state index contributed by atoms with van der Waals surface area (Å²) in [4.78, 5) is 10.6. The minimum absolute atomic E-state index is 0.161. The summed E-state index contributed by atoms with van der Waals surface area (Å²) in [6.07, 6.45) is 0.911. The van der Waals surface area contributed by atoms with Crippen molar-refractivity contribution in [3.63, 3.8) is 0 Å². The van der Waals surface area contributed by atoms with Crippen LogP contribution in [0.5, 0.6) is 5.75 Å². The standard InChI is InChI=1S/C12H12N2O4/c1-2-6-17-9-5-3-4-8(7-9)10-13-14-11(18-10)12(15)16/h3-5,7H,2,6H2,1H3,(H,15,16). The van der Waals surface area contributed by atoms with Crippen LogP contribution in [0.25, 0.3) is 11.5 Å². The Morgan fingerprint density at radius 1 is 1.44 bits per heavy atom. The Labute approximate surface area is 103 Å². The molecular formula is C12H12N2O4. The number of carboxylic acids is 1. The Bertz CT molecular complexity index is 551. The fourth-order valence-electron chi connectivity index (χ4n) is 1.37. The van der Waals surface area contributed by atoms with Gasteiger partial charge in [0, 0.05) is 5.56 Å². The van der Waals surface area contributed by atoms with Gasteiger partial charge in [-0.3, -0.25) is 0 Å². The number of carboxylic acid groups (broad SMARTS) is 1. The molecule has 0 radical (unpaired) electrons. The van der Waals surface area contributed by atoms with Crippen molar-refractivity contribution in [2.24, 2.45) is 0 Å². The SMILES string of the molecule is CCCOc1cccc(-c2nnc(C(=O)O)o2)c1. The van der Waals surface area contributed by atoms with Gasteiger partial charge in [-0.2, -0.15) is 0 Å². The fraction of sp³-hybridized carbons (Fsp3) is 0.250. The van der Waals surface area contributed by atoms with E-state index in [0.29, 0.717) is 17.9 Å². The van der Waals surface area contributed by atoms with E-state index < -0.39 is 11.9 Å². The smallest absolute Gasteiger partial charge is 0.393 e. The number of benzene rings is 1. The Kier molecular flexibility index (Phi) is 3.57. The van der Waals surface area contributed by atoms with Crippen LogP contribution in [0.15, 0.2) is 28.7 Å². The Morgan fingerprint density at radius 3 is 2.94 bits per heavy atom. The molecule has 0 spiro atoms. The summed E-state index contributed by atoms with van der Waals surface area (Å²) in [7, 11) is 0. The molecular weight excluding hydrogens is 236 g/mol. The molecule has 6 heteroatoms. The van der Waals surface area contributed by atoms with E-state index in [9.17, 15) is 4.79 Å². The first kappa shape index (κ1) is 12.1. The summed E-state index contributed by atoms with van der Waals surface area (Å²) in [5.41, 5.74) is 0.628. The zero-order valence-corrected chi connectivity index (χ0v) is 9.79. The van der Waals surface area contributed by atoms with Crippen LogP contribution in [-0.4, -0.2) is 27.9 Å². The van der Waals surface area contributed by atoms with Crippen LogP contribution in [-0.2, 0) is 0 Å². The highest BCUT2D eigenvalue weighted by Gasteiger charge is 2.14. The molecule has 0 aliphatic heterocycles. The lowest BCUT2D eigenvalue weighted by atomic mass is 10.2. The molecule has 6 nitrogen and oxygen atoms in total. The summed E-state index contributed by atoms with van der Waals surface area (Å²) >= 11 is 0. The predicted molar refractivity (Wildman–Crippen MR) is 62.5 cm³/mol. The molecule has 2 aromatic rings. The number of aromatic carboxylic acids is 1. The Balaban J connectivity index is 2.23. The first-order valence-electron chi connectivity index (χ1n) is 5.50. The molecule has 94 valence electrons. The number of aromatic nitrogens is 2. The van der Waals surface area contributed by atoms with Crippen molar-refractivity contribution in [3.05, 3.63) is 30.2 Å². The minimum atomic E-state index is -1.24. The van der Waals surface area contributed by atoms with Gasteiger partial charge in [0.15, 0.2) is 0 Å². The van der Waals surface area contributed by atoms with Gasteiger partial charge in [-0.05, 0) is 24.6 Å². The van der Waals surface area contributed by atoms with Crippen LogP contribution in [0.2, 0.25) is 0 Å². The average Bonchev–Trinajstić information content (AvgIpc) is 2.86. The molecule has 18 heavy (non-hydrogen) atoms. The average molecular weight is 248 g/mol. The van der Waals surface area contributed by atoms with E-state index in [1.54, 1.807) is 18.2 Å². The first-order valence-corrected chi connectivity index (χ1v) is 5.50. The van der Waals surface area contributed by atoms with Gasteiger partial charge in [0.05, 0.1) is 6.61 Å². The normalized spacial score (nSPS) is 10.3. The van der Waals surface area contributed by atoms with Gasteiger partial charge in [-0.1, -0.05) is 13.0 Å². The van der Waals surface area contributed by atoms with E-state index in [4.69, 9.17) is 14.3 Å². The molecule has 0 aliphatic carbocycles. The summed E-state index contributed by atoms with van der Waals surface area (Å²) < 4.78 is 10.5. The zero-order valence-electron chi connectivity index (χ0n) is 9.79. The van der Waals surface area contributed by atoms with Gasteiger partial charge in [-0.15, -0.1) is 10.2 Å². The van der Waals surface area contributed by atoms with Crippen molar-refractivity contribution in [1.29, 1.82) is 0 Å². The Morgan fingerprint density at radius 2 is 2.28 bits per heavy atom.